The molecule has 1 aromatic rings. The van der Waals surface area contributed by atoms with Gasteiger partial charge in [0.05, 0.1) is 5.60 Å². The Balaban J connectivity index is 2.08. The van der Waals surface area contributed by atoms with E-state index in [-0.39, 0.29) is 22.1 Å². The van der Waals surface area contributed by atoms with Crippen molar-refractivity contribution in [3.8, 4) is 0 Å². The van der Waals surface area contributed by atoms with Gasteiger partial charge < -0.3 is 10.1 Å². The summed E-state index contributed by atoms with van der Waals surface area (Å²) < 4.78 is 5.94. The van der Waals surface area contributed by atoms with Crippen molar-refractivity contribution in [3.05, 3.63) is 10.4 Å². The molecule has 2 heterocycles. The molecule has 0 radical (unpaired) electrons. The topological polar surface area (TPSA) is 59.9 Å². The van der Waals surface area contributed by atoms with Gasteiger partial charge in [0, 0.05) is 12.6 Å². The minimum atomic E-state index is -0.0490. The van der Waals surface area contributed by atoms with Crippen LogP contribution in [0.5, 0.6) is 0 Å². The average molecular weight is 305 g/mol. The Morgan fingerprint density at radius 3 is 2.74 bits per heavy atom. The second kappa shape index (κ2) is 6.20. The number of aromatic nitrogens is 3. The van der Waals surface area contributed by atoms with Crippen LogP contribution in [0.15, 0.2) is 0 Å². The highest BCUT2D eigenvalue weighted by molar-refractivity contribution is 6.32. The molecule has 1 atom stereocenters. The summed E-state index contributed by atoms with van der Waals surface area (Å²) in [4.78, 5) is 4.07. The predicted molar refractivity (Wildman–Crippen MR) is 75.8 cm³/mol. The van der Waals surface area contributed by atoms with Gasteiger partial charge in [-0.1, -0.05) is 25.4 Å². The Labute approximate surface area is 123 Å². The molecular formula is C12H18Cl2N4O. The highest BCUT2D eigenvalue weighted by Gasteiger charge is 2.34. The van der Waals surface area contributed by atoms with Gasteiger partial charge in [0.25, 0.3) is 0 Å². The van der Waals surface area contributed by atoms with E-state index in [4.69, 9.17) is 27.9 Å². The number of hydrogen-bond acceptors (Lipinski definition) is 5. The highest BCUT2D eigenvalue weighted by Crippen LogP contribution is 2.33. The van der Waals surface area contributed by atoms with Gasteiger partial charge in [0.2, 0.25) is 5.28 Å². The van der Waals surface area contributed by atoms with Crippen LogP contribution in [0.2, 0.25) is 10.4 Å². The molecule has 2 rings (SSSR count). The molecule has 1 aliphatic heterocycles. The van der Waals surface area contributed by atoms with Crippen molar-refractivity contribution in [3.63, 3.8) is 0 Å². The zero-order chi connectivity index (χ0) is 13.9. The van der Waals surface area contributed by atoms with Crippen LogP contribution in [0, 0.1) is 0 Å². The summed E-state index contributed by atoms with van der Waals surface area (Å²) in [7, 11) is 0. The lowest BCUT2D eigenvalue weighted by Crippen LogP contribution is -2.43. The first-order valence-electron chi connectivity index (χ1n) is 6.55. The molecule has 0 aromatic carbocycles. The summed E-state index contributed by atoms with van der Waals surface area (Å²) in [6.07, 6.45) is 3.84. The van der Waals surface area contributed by atoms with E-state index in [2.05, 4.69) is 34.3 Å². The van der Waals surface area contributed by atoms with Crippen LogP contribution in [0.3, 0.4) is 0 Å². The normalized spacial score (nSPS) is 22.2. The second-order valence-electron chi connectivity index (χ2n) is 4.79. The summed E-state index contributed by atoms with van der Waals surface area (Å²) in [6, 6.07) is 0.263. The summed E-state index contributed by atoms with van der Waals surface area (Å²) in [5, 5.41) is 11.0. The molecule has 1 N–H and O–H groups in total. The first kappa shape index (κ1) is 14.8. The Morgan fingerprint density at radius 1 is 1.32 bits per heavy atom. The molecule has 1 fully saturated rings. The molecule has 1 saturated heterocycles. The molecule has 0 saturated carbocycles. The summed E-state index contributed by atoms with van der Waals surface area (Å²) in [5.41, 5.74) is -0.0490. The Morgan fingerprint density at radius 2 is 2.05 bits per heavy atom. The monoisotopic (exact) mass is 304 g/mol. The zero-order valence-corrected chi connectivity index (χ0v) is 12.6. The third-order valence-electron chi connectivity index (χ3n) is 3.74. The highest BCUT2D eigenvalue weighted by atomic mass is 35.5. The smallest absolute Gasteiger partial charge is 0.245 e. The lowest BCUT2D eigenvalue weighted by atomic mass is 9.86. The number of anilines is 1. The summed E-state index contributed by atoms with van der Waals surface area (Å²) in [5.74, 6) is 0.495. The molecule has 106 valence electrons. The van der Waals surface area contributed by atoms with E-state index in [0.717, 1.165) is 32.3 Å². The average Bonchev–Trinajstić information content (AvgIpc) is 2.43. The standard InChI is InChI=1S/C12H18Cl2N4O/c1-3-12(4-2)7-8(5-6-19-12)15-10-9(13)17-18-11(14)16-10/h8H,3-7H2,1-2H3,(H,15,16,18). The van der Waals surface area contributed by atoms with Gasteiger partial charge in [-0.2, -0.15) is 4.98 Å². The van der Waals surface area contributed by atoms with Crippen molar-refractivity contribution < 1.29 is 4.74 Å². The lowest BCUT2D eigenvalue weighted by Gasteiger charge is -2.40. The van der Waals surface area contributed by atoms with Crippen LogP contribution in [0.4, 0.5) is 5.82 Å². The maximum absolute atomic E-state index is 5.97. The molecule has 7 heteroatoms. The molecule has 1 unspecified atom stereocenters. The zero-order valence-electron chi connectivity index (χ0n) is 11.1. The van der Waals surface area contributed by atoms with Crippen LogP contribution < -0.4 is 5.32 Å². The third kappa shape index (κ3) is 3.46. The fourth-order valence-electron chi connectivity index (χ4n) is 2.47. The van der Waals surface area contributed by atoms with Gasteiger partial charge in [0.15, 0.2) is 11.0 Å². The van der Waals surface area contributed by atoms with Gasteiger partial charge >= 0.3 is 0 Å². The van der Waals surface area contributed by atoms with E-state index >= 15 is 0 Å². The van der Waals surface area contributed by atoms with Crippen molar-refractivity contribution in [2.24, 2.45) is 0 Å². The van der Waals surface area contributed by atoms with Gasteiger partial charge in [-0.15, -0.1) is 10.2 Å². The lowest BCUT2D eigenvalue weighted by molar-refractivity contribution is -0.0864. The second-order valence-corrected chi connectivity index (χ2v) is 5.49. The van der Waals surface area contributed by atoms with Crippen molar-refractivity contribution in [1.29, 1.82) is 0 Å². The van der Waals surface area contributed by atoms with E-state index in [1.165, 1.54) is 0 Å². The van der Waals surface area contributed by atoms with Crippen LogP contribution >= 0.6 is 23.2 Å². The molecule has 1 aliphatic rings. The van der Waals surface area contributed by atoms with Crippen LogP contribution in [0.25, 0.3) is 0 Å². The number of hydrogen-bond donors (Lipinski definition) is 1. The fraction of sp³-hybridized carbons (Fsp3) is 0.750. The molecular weight excluding hydrogens is 287 g/mol. The third-order valence-corrected chi connectivity index (χ3v) is 4.16. The molecule has 19 heavy (non-hydrogen) atoms. The van der Waals surface area contributed by atoms with E-state index in [1.807, 2.05) is 0 Å². The maximum atomic E-state index is 5.97. The quantitative estimate of drug-likeness (QED) is 0.924. The van der Waals surface area contributed by atoms with E-state index in [0.29, 0.717) is 5.82 Å². The summed E-state index contributed by atoms with van der Waals surface area (Å²) in [6.45, 7) is 5.05. The van der Waals surface area contributed by atoms with Gasteiger partial charge in [-0.05, 0) is 37.3 Å². The number of halogens is 2. The molecule has 0 spiro atoms. The minimum absolute atomic E-state index is 0.0490. The van der Waals surface area contributed by atoms with Crippen molar-refractivity contribution in [2.75, 3.05) is 11.9 Å². The van der Waals surface area contributed by atoms with Crippen molar-refractivity contribution in [2.45, 2.75) is 51.2 Å². The SMILES string of the molecule is CCC1(CC)CC(Nc2nc(Cl)nnc2Cl)CCO1. The van der Waals surface area contributed by atoms with Crippen LogP contribution in [-0.2, 0) is 4.74 Å². The summed E-state index contributed by atoms with van der Waals surface area (Å²) >= 11 is 11.7. The van der Waals surface area contributed by atoms with Gasteiger partial charge in [-0.25, -0.2) is 0 Å². The van der Waals surface area contributed by atoms with Crippen molar-refractivity contribution in [1.82, 2.24) is 15.2 Å². The largest absolute Gasteiger partial charge is 0.375 e. The van der Waals surface area contributed by atoms with Crippen LogP contribution in [-0.4, -0.2) is 33.4 Å². The first-order valence-corrected chi connectivity index (χ1v) is 7.30. The number of nitrogens with zero attached hydrogens (tertiary/aromatic N) is 3. The molecule has 1 aromatic heterocycles. The molecule has 5 nitrogen and oxygen atoms in total. The van der Waals surface area contributed by atoms with Crippen LogP contribution in [0.1, 0.15) is 39.5 Å². The van der Waals surface area contributed by atoms with E-state index in [9.17, 15) is 0 Å². The number of rotatable bonds is 4. The molecule has 0 bridgehead atoms. The molecule has 0 amide bonds. The number of ether oxygens (including phenoxy) is 1. The van der Waals surface area contributed by atoms with Gasteiger partial charge in [-0.3, -0.25) is 0 Å². The number of nitrogens with one attached hydrogen (secondary N) is 1. The van der Waals surface area contributed by atoms with Crippen molar-refractivity contribution >= 4 is 29.0 Å². The Kier molecular flexibility index (Phi) is 4.81. The first-order chi connectivity index (χ1) is 9.08. The van der Waals surface area contributed by atoms with E-state index in [1.54, 1.807) is 0 Å². The minimum Gasteiger partial charge on any atom is -0.375 e. The Bertz CT molecular complexity index is 440. The van der Waals surface area contributed by atoms with E-state index < -0.39 is 0 Å². The Hall–Kier alpha value is -0.650. The predicted octanol–water partition coefficient (Wildman–Crippen LogP) is 3.33. The van der Waals surface area contributed by atoms with Gasteiger partial charge in [0.1, 0.15) is 0 Å². The molecule has 0 aliphatic carbocycles. The maximum Gasteiger partial charge on any atom is 0.245 e. The fourth-order valence-corrected chi connectivity index (χ4v) is 2.73.